The Morgan fingerprint density at radius 2 is 1.94 bits per heavy atom. The minimum Gasteiger partial charge on any atom is -0.462 e. The number of anilines is 1. The van der Waals surface area contributed by atoms with Crippen LogP contribution in [0.1, 0.15) is 39.8 Å². The number of carbonyl (C=O) groups is 2. The van der Waals surface area contributed by atoms with E-state index in [0.717, 1.165) is 60.6 Å². The van der Waals surface area contributed by atoms with E-state index in [4.69, 9.17) is 4.74 Å². The molecular formula is C24H28N4O3. The lowest BCUT2D eigenvalue weighted by Crippen LogP contribution is -2.34. The van der Waals surface area contributed by atoms with Gasteiger partial charge in [0.05, 0.1) is 18.7 Å². The number of ether oxygens (including phenoxy) is 1. The van der Waals surface area contributed by atoms with Gasteiger partial charge in [0, 0.05) is 54.5 Å². The van der Waals surface area contributed by atoms with Crippen molar-refractivity contribution in [1.29, 1.82) is 0 Å². The highest BCUT2D eigenvalue weighted by atomic mass is 16.5. The summed E-state index contributed by atoms with van der Waals surface area (Å²) in [4.78, 5) is 37.1. The maximum atomic E-state index is 13.1. The lowest BCUT2D eigenvalue weighted by molar-refractivity contribution is 0.0525. The number of ketones is 1. The second-order valence-electron chi connectivity index (χ2n) is 7.84. The maximum Gasteiger partial charge on any atom is 0.339 e. The van der Waals surface area contributed by atoms with Crippen LogP contribution in [-0.4, -0.2) is 66.0 Å². The first-order chi connectivity index (χ1) is 15.1. The van der Waals surface area contributed by atoms with Gasteiger partial charge < -0.3 is 14.6 Å². The van der Waals surface area contributed by atoms with Crippen molar-refractivity contribution in [2.24, 2.45) is 0 Å². The summed E-state index contributed by atoms with van der Waals surface area (Å²) < 4.78 is 5.02. The molecule has 0 amide bonds. The molecule has 0 aliphatic carbocycles. The molecule has 0 spiro atoms. The third-order valence-corrected chi connectivity index (χ3v) is 5.71. The molecule has 7 nitrogen and oxygen atoms in total. The fourth-order valence-corrected chi connectivity index (χ4v) is 4.18. The average Bonchev–Trinajstić information content (AvgIpc) is 2.94. The second-order valence-corrected chi connectivity index (χ2v) is 7.84. The van der Waals surface area contributed by atoms with Gasteiger partial charge in [-0.25, -0.2) is 9.78 Å². The van der Waals surface area contributed by atoms with Crippen LogP contribution >= 0.6 is 0 Å². The third kappa shape index (κ3) is 4.61. The molecule has 1 aliphatic rings. The number of hydrogen-bond donors (Lipinski definition) is 1. The molecule has 1 saturated heterocycles. The van der Waals surface area contributed by atoms with Crippen molar-refractivity contribution in [3.05, 3.63) is 59.4 Å². The fraction of sp³-hybridized carbons (Fsp3) is 0.375. The molecule has 0 saturated carbocycles. The molecule has 0 bridgehead atoms. The Balaban J connectivity index is 1.39. The summed E-state index contributed by atoms with van der Waals surface area (Å²) in [5.41, 5.74) is 3.19. The summed E-state index contributed by atoms with van der Waals surface area (Å²) in [5, 5.41) is 0.993. The monoisotopic (exact) mass is 420 g/mol. The maximum absolute atomic E-state index is 13.1. The molecule has 4 rings (SSSR count). The van der Waals surface area contributed by atoms with Crippen LogP contribution in [0.2, 0.25) is 0 Å². The van der Waals surface area contributed by atoms with E-state index in [1.165, 1.54) is 0 Å². The number of para-hydroxylation sites is 1. The number of esters is 1. The Hall–Kier alpha value is -3.19. The molecule has 162 valence electrons. The molecule has 7 heteroatoms. The van der Waals surface area contributed by atoms with Crippen molar-refractivity contribution >= 4 is 28.5 Å². The van der Waals surface area contributed by atoms with Crippen molar-refractivity contribution in [1.82, 2.24) is 14.9 Å². The highest BCUT2D eigenvalue weighted by molar-refractivity contribution is 6.10. The van der Waals surface area contributed by atoms with Gasteiger partial charge in [-0.15, -0.1) is 0 Å². The van der Waals surface area contributed by atoms with E-state index in [0.29, 0.717) is 18.7 Å². The third-order valence-electron chi connectivity index (χ3n) is 5.71. The molecule has 0 radical (unpaired) electrons. The number of rotatable bonds is 6. The van der Waals surface area contributed by atoms with E-state index in [9.17, 15) is 9.59 Å². The Morgan fingerprint density at radius 1 is 1.10 bits per heavy atom. The van der Waals surface area contributed by atoms with Crippen molar-refractivity contribution < 1.29 is 14.3 Å². The zero-order valence-corrected chi connectivity index (χ0v) is 18.1. The zero-order valence-electron chi connectivity index (χ0n) is 18.1. The van der Waals surface area contributed by atoms with E-state index < -0.39 is 0 Å². The Labute approximate surface area is 182 Å². The highest BCUT2D eigenvalue weighted by Gasteiger charge is 2.22. The largest absolute Gasteiger partial charge is 0.462 e. The van der Waals surface area contributed by atoms with Crippen LogP contribution in [-0.2, 0) is 4.74 Å². The van der Waals surface area contributed by atoms with E-state index in [-0.39, 0.29) is 11.8 Å². The number of nitrogens with zero attached hydrogens (tertiary/aromatic N) is 3. The zero-order chi connectivity index (χ0) is 21.8. The molecule has 2 aromatic heterocycles. The lowest BCUT2D eigenvalue weighted by atomic mass is 10.1. The molecule has 0 atom stereocenters. The van der Waals surface area contributed by atoms with Gasteiger partial charge in [-0.1, -0.05) is 18.2 Å². The van der Waals surface area contributed by atoms with Crippen LogP contribution in [0.4, 0.5) is 5.82 Å². The summed E-state index contributed by atoms with van der Waals surface area (Å²) >= 11 is 0. The quantitative estimate of drug-likeness (QED) is 0.486. The van der Waals surface area contributed by atoms with Gasteiger partial charge in [0.15, 0.2) is 5.78 Å². The smallest absolute Gasteiger partial charge is 0.339 e. The predicted octanol–water partition coefficient (Wildman–Crippen LogP) is 3.44. The molecule has 3 heterocycles. The van der Waals surface area contributed by atoms with Crippen molar-refractivity contribution in [3.63, 3.8) is 0 Å². The van der Waals surface area contributed by atoms with Gasteiger partial charge in [-0.2, -0.15) is 0 Å². The minimum atomic E-state index is -0.352. The first-order valence-corrected chi connectivity index (χ1v) is 10.8. The minimum absolute atomic E-state index is 0.153. The molecular weight excluding hydrogens is 392 g/mol. The number of aromatic nitrogens is 2. The highest BCUT2D eigenvalue weighted by Crippen LogP contribution is 2.23. The SMILES string of the molecule is CCOC(=O)c1ccc(N2CCCN(CC(=O)c3c(C)[nH]c4ccccc34)CC2)nc1. The van der Waals surface area contributed by atoms with Gasteiger partial charge in [0.2, 0.25) is 0 Å². The van der Waals surface area contributed by atoms with E-state index in [2.05, 4.69) is 19.8 Å². The van der Waals surface area contributed by atoms with Crippen LogP contribution < -0.4 is 4.90 Å². The van der Waals surface area contributed by atoms with Gasteiger partial charge in [0.1, 0.15) is 5.82 Å². The van der Waals surface area contributed by atoms with Crippen LogP contribution in [0.25, 0.3) is 10.9 Å². The van der Waals surface area contributed by atoms with Crippen LogP contribution in [0.15, 0.2) is 42.6 Å². The number of nitrogens with one attached hydrogen (secondary N) is 1. The number of Topliss-reactive ketones (excluding diaryl/α,β-unsaturated/α-hetero) is 1. The standard InChI is InChI=1S/C24H28N4O3/c1-3-31-24(30)18-9-10-22(25-15-18)28-12-6-11-27(13-14-28)16-21(29)23-17(2)26-20-8-5-4-7-19(20)23/h4-5,7-10,15,26H,3,6,11-14,16H2,1-2H3. The summed E-state index contributed by atoms with van der Waals surface area (Å²) in [7, 11) is 0. The van der Waals surface area contributed by atoms with Gasteiger partial charge in [-0.05, 0) is 38.5 Å². The van der Waals surface area contributed by atoms with Gasteiger partial charge in [-0.3, -0.25) is 9.69 Å². The normalized spacial score (nSPS) is 15.1. The second kappa shape index (κ2) is 9.31. The number of hydrogen-bond acceptors (Lipinski definition) is 6. The lowest BCUT2D eigenvalue weighted by Gasteiger charge is -2.22. The predicted molar refractivity (Wildman–Crippen MR) is 121 cm³/mol. The summed E-state index contributed by atoms with van der Waals surface area (Å²) in [6, 6.07) is 11.6. The molecule has 1 aromatic carbocycles. The number of fused-ring (bicyclic) bond motifs is 1. The number of benzene rings is 1. The van der Waals surface area contributed by atoms with Crippen LogP contribution in [0, 0.1) is 6.92 Å². The number of aryl methyl sites for hydroxylation is 1. The number of aromatic amines is 1. The van der Waals surface area contributed by atoms with Crippen molar-refractivity contribution in [3.8, 4) is 0 Å². The van der Waals surface area contributed by atoms with Crippen LogP contribution in [0.3, 0.4) is 0 Å². The number of carbonyl (C=O) groups excluding carboxylic acids is 2. The Kier molecular flexibility index (Phi) is 6.32. The van der Waals surface area contributed by atoms with Gasteiger partial charge in [0.25, 0.3) is 0 Å². The van der Waals surface area contributed by atoms with Crippen molar-refractivity contribution in [2.75, 3.05) is 44.2 Å². The van der Waals surface area contributed by atoms with E-state index >= 15 is 0 Å². The van der Waals surface area contributed by atoms with Gasteiger partial charge >= 0.3 is 5.97 Å². The first kappa shape index (κ1) is 21.1. The summed E-state index contributed by atoms with van der Waals surface area (Å²) in [5.74, 6) is 0.642. The summed E-state index contributed by atoms with van der Waals surface area (Å²) in [6.45, 7) is 7.80. The Bertz CT molecular complexity index is 1070. The molecule has 1 N–H and O–H groups in total. The average molecular weight is 421 g/mol. The Morgan fingerprint density at radius 3 is 2.71 bits per heavy atom. The topological polar surface area (TPSA) is 78.5 Å². The molecule has 31 heavy (non-hydrogen) atoms. The summed E-state index contributed by atoms with van der Waals surface area (Å²) in [6.07, 6.45) is 2.51. The van der Waals surface area contributed by atoms with E-state index in [1.54, 1.807) is 19.2 Å². The first-order valence-electron chi connectivity index (χ1n) is 10.8. The molecule has 0 unspecified atom stereocenters. The molecule has 1 aliphatic heterocycles. The van der Waals surface area contributed by atoms with E-state index in [1.807, 2.05) is 37.3 Å². The number of pyridine rings is 1. The van der Waals surface area contributed by atoms with Crippen LogP contribution in [0.5, 0.6) is 0 Å². The molecule has 3 aromatic rings. The van der Waals surface area contributed by atoms with Crippen molar-refractivity contribution in [2.45, 2.75) is 20.3 Å². The number of H-pyrrole nitrogens is 1. The fourth-order valence-electron chi connectivity index (χ4n) is 4.18. The molecule has 1 fully saturated rings.